The zero-order valence-corrected chi connectivity index (χ0v) is 20.1. The fourth-order valence-corrected chi connectivity index (χ4v) is 22.7. The molecule has 0 spiro atoms. The topological polar surface area (TPSA) is 20.3 Å². The first kappa shape index (κ1) is 23.2. The summed E-state index contributed by atoms with van der Waals surface area (Å²) in [6.07, 6.45) is 12.4. The molecule has 1 heterocycles. The Labute approximate surface area is 161 Å². The number of aldehydes is 1. The third kappa shape index (κ3) is 8.15. The Hall–Kier alpha value is 0.169. The van der Waals surface area contributed by atoms with Gasteiger partial charge in [-0.05, 0) is 0 Å². The number of carbonyl (C=O) groups is 1. The molecular formula is C22H43NOSn. The molecule has 1 fully saturated rings. The molecule has 0 aromatic rings. The molecule has 2 nitrogen and oxygen atoms in total. The third-order valence-corrected chi connectivity index (χ3v) is 22.4. The molecule has 0 saturated carbocycles. The summed E-state index contributed by atoms with van der Waals surface area (Å²) in [7, 11) is 0. The minimum atomic E-state index is -2.10. The molecule has 1 aliphatic heterocycles. The fourth-order valence-electron chi connectivity index (χ4n) is 4.88. The molecule has 0 aromatic heterocycles. The second-order valence-corrected chi connectivity index (χ2v) is 22.5. The van der Waals surface area contributed by atoms with E-state index in [1.807, 2.05) is 6.08 Å². The van der Waals surface area contributed by atoms with E-state index in [1.165, 1.54) is 51.4 Å². The van der Waals surface area contributed by atoms with E-state index < -0.39 is 18.4 Å². The molecule has 25 heavy (non-hydrogen) atoms. The quantitative estimate of drug-likeness (QED) is 0.167. The predicted molar refractivity (Wildman–Crippen MR) is 114 cm³/mol. The molecule has 0 amide bonds. The van der Waals surface area contributed by atoms with Gasteiger partial charge < -0.3 is 0 Å². The van der Waals surface area contributed by atoms with Crippen molar-refractivity contribution in [2.24, 2.45) is 11.8 Å². The van der Waals surface area contributed by atoms with Crippen molar-refractivity contribution in [3.05, 3.63) is 12.7 Å². The number of carbonyl (C=O) groups excluding carboxylic acids is 1. The molecule has 146 valence electrons. The van der Waals surface area contributed by atoms with E-state index in [2.05, 4.69) is 32.3 Å². The van der Waals surface area contributed by atoms with Crippen molar-refractivity contribution in [1.29, 1.82) is 0 Å². The normalized spacial score (nSPS) is 21.6. The fraction of sp³-hybridized carbons (Fsp3) is 0.864. The number of nitrogens with zero attached hydrogens (tertiary/aromatic N) is 1. The molecule has 1 aliphatic rings. The standard InChI is InChI=1S/C10H16NO.3C4H9.Sn/c1-3-5-11-7-9(2)10(8-11)4-6-12;3*1-3-4-2;/h3,6,9-10H,1-2,4-5,7-8H2;3*1,3-4H2,2H3;/t9-,10-;;;;/m0..../s1. The molecule has 0 unspecified atom stereocenters. The van der Waals surface area contributed by atoms with E-state index in [0.29, 0.717) is 5.92 Å². The van der Waals surface area contributed by atoms with Crippen LogP contribution in [0.25, 0.3) is 0 Å². The summed E-state index contributed by atoms with van der Waals surface area (Å²) in [6.45, 7) is 14.3. The van der Waals surface area contributed by atoms with Crippen molar-refractivity contribution >= 4 is 24.7 Å². The summed E-state index contributed by atoms with van der Waals surface area (Å²) >= 11 is -2.10. The zero-order chi connectivity index (χ0) is 18.5. The van der Waals surface area contributed by atoms with Gasteiger partial charge in [0.2, 0.25) is 0 Å². The van der Waals surface area contributed by atoms with Crippen molar-refractivity contribution < 1.29 is 4.79 Å². The van der Waals surface area contributed by atoms with Gasteiger partial charge in [0.15, 0.2) is 0 Å². The van der Waals surface area contributed by atoms with Crippen molar-refractivity contribution in [1.82, 2.24) is 4.90 Å². The zero-order valence-electron chi connectivity index (χ0n) is 17.3. The van der Waals surface area contributed by atoms with Crippen LogP contribution in [-0.4, -0.2) is 49.2 Å². The summed E-state index contributed by atoms with van der Waals surface area (Å²) in [5.41, 5.74) is 0. The Morgan fingerprint density at radius 2 is 1.48 bits per heavy atom. The van der Waals surface area contributed by atoms with E-state index in [4.69, 9.17) is 0 Å². The molecular weight excluding hydrogens is 413 g/mol. The molecule has 0 bridgehead atoms. The number of hydrogen-bond donors (Lipinski definition) is 0. The van der Waals surface area contributed by atoms with Gasteiger partial charge in [-0.3, -0.25) is 0 Å². The monoisotopic (exact) mass is 457 g/mol. The van der Waals surface area contributed by atoms with Crippen LogP contribution in [0.1, 0.15) is 65.7 Å². The predicted octanol–water partition coefficient (Wildman–Crippen LogP) is 6.16. The number of rotatable bonds is 15. The summed E-state index contributed by atoms with van der Waals surface area (Å²) in [5.74, 6) is 1.39. The molecule has 0 aliphatic carbocycles. The molecule has 1 saturated heterocycles. The van der Waals surface area contributed by atoms with Gasteiger partial charge in [0.25, 0.3) is 0 Å². The molecule has 1 rings (SSSR count). The van der Waals surface area contributed by atoms with Gasteiger partial charge in [0.1, 0.15) is 0 Å². The van der Waals surface area contributed by atoms with Crippen LogP contribution < -0.4 is 0 Å². The van der Waals surface area contributed by atoms with E-state index in [9.17, 15) is 4.79 Å². The van der Waals surface area contributed by atoms with Crippen LogP contribution >= 0.6 is 0 Å². The first-order valence-corrected chi connectivity index (χ1v) is 19.0. The number of likely N-dealkylation sites (tertiary alicyclic amines) is 1. The molecule has 3 heteroatoms. The minimum absolute atomic E-state index is 0.610. The van der Waals surface area contributed by atoms with Gasteiger partial charge in [-0.2, -0.15) is 0 Å². The summed E-state index contributed by atoms with van der Waals surface area (Å²) in [5, 5.41) is 0. The third-order valence-electron chi connectivity index (χ3n) is 6.32. The van der Waals surface area contributed by atoms with Crippen LogP contribution in [-0.2, 0) is 4.79 Å². The SMILES string of the molecule is C=CCN1C[C@H]([CH2][Sn]([CH2]CCC)([CH2]CCC)[CH2]CCC)[C@@H](CC=O)C1. The first-order valence-electron chi connectivity index (χ1n) is 10.9. The van der Waals surface area contributed by atoms with E-state index >= 15 is 0 Å². The molecule has 0 aromatic carbocycles. The van der Waals surface area contributed by atoms with Gasteiger partial charge >= 0.3 is 162 Å². The number of hydrogen-bond acceptors (Lipinski definition) is 2. The first-order chi connectivity index (χ1) is 12.1. The van der Waals surface area contributed by atoms with E-state index in [0.717, 1.165) is 25.4 Å². The van der Waals surface area contributed by atoms with Crippen LogP contribution in [0.2, 0.25) is 17.7 Å². The van der Waals surface area contributed by atoms with Gasteiger partial charge in [-0.1, -0.05) is 0 Å². The Morgan fingerprint density at radius 3 is 1.92 bits per heavy atom. The maximum atomic E-state index is 11.2. The molecule has 0 N–H and O–H groups in total. The average Bonchev–Trinajstić information content (AvgIpc) is 2.98. The van der Waals surface area contributed by atoms with Gasteiger partial charge in [-0.25, -0.2) is 0 Å². The van der Waals surface area contributed by atoms with Crippen LogP contribution in [0.15, 0.2) is 12.7 Å². The number of unbranched alkanes of at least 4 members (excludes halogenated alkanes) is 3. The Kier molecular flexibility index (Phi) is 12.4. The van der Waals surface area contributed by atoms with E-state index in [-0.39, 0.29) is 0 Å². The summed E-state index contributed by atoms with van der Waals surface area (Å²) < 4.78 is 6.33. The van der Waals surface area contributed by atoms with Crippen molar-refractivity contribution in [3.8, 4) is 0 Å². The van der Waals surface area contributed by atoms with Crippen molar-refractivity contribution in [3.63, 3.8) is 0 Å². The summed E-state index contributed by atoms with van der Waals surface area (Å²) in [6, 6.07) is 0. The van der Waals surface area contributed by atoms with Crippen molar-refractivity contribution in [2.45, 2.75) is 83.5 Å². The Bertz CT molecular complexity index is 349. The van der Waals surface area contributed by atoms with Crippen LogP contribution in [0.4, 0.5) is 0 Å². The average molecular weight is 456 g/mol. The Morgan fingerprint density at radius 1 is 0.960 bits per heavy atom. The van der Waals surface area contributed by atoms with Crippen LogP contribution in [0.3, 0.4) is 0 Å². The maximum absolute atomic E-state index is 11.2. The second kappa shape index (κ2) is 13.4. The van der Waals surface area contributed by atoms with Gasteiger partial charge in [0.05, 0.1) is 0 Å². The summed E-state index contributed by atoms with van der Waals surface area (Å²) in [4.78, 5) is 13.8. The van der Waals surface area contributed by atoms with Crippen LogP contribution in [0, 0.1) is 11.8 Å². The Balaban J connectivity index is 2.89. The molecule has 2 atom stereocenters. The van der Waals surface area contributed by atoms with Gasteiger partial charge in [-0.15, -0.1) is 0 Å². The molecule has 0 radical (unpaired) electrons. The van der Waals surface area contributed by atoms with Gasteiger partial charge in [0, 0.05) is 0 Å². The van der Waals surface area contributed by atoms with Crippen molar-refractivity contribution in [2.75, 3.05) is 19.6 Å². The van der Waals surface area contributed by atoms with Crippen LogP contribution in [0.5, 0.6) is 0 Å². The second-order valence-electron chi connectivity index (χ2n) is 8.44. The van der Waals surface area contributed by atoms with E-state index in [1.54, 1.807) is 17.7 Å².